The second-order valence-corrected chi connectivity index (χ2v) is 20.3. The van der Waals surface area contributed by atoms with Crippen molar-refractivity contribution in [1.29, 1.82) is 5.26 Å². The van der Waals surface area contributed by atoms with Crippen LogP contribution in [0.4, 0.5) is 0 Å². The topological polar surface area (TPSA) is 198 Å². The largest absolute Gasteiger partial charge is 0.451 e. The van der Waals surface area contributed by atoms with Gasteiger partial charge in [-0.15, -0.1) is 0 Å². The fraction of sp³-hybridized carbons (Fsp3) is 0.840. The summed E-state index contributed by atoms with van der Waals surface area (Å²) in [6.07, 6.45) is 9.87. The first kappa shape index (κ1) is 56.9. The molecule has 0 aromatic carbocycles. The number of hydrogen-bond donors (Lipinski definition) is 3. The van der Waals surface area contributed by atoms with Gasteiger partial charge in [-0.25, -0.2) is 4.79 Å². The summed E-state index contributed by atoms with van der Waals surface area (Å²) in [5, 5.41) is 18.4. The van der Waals surface area contributed by atoms with Gasteiger partial charge in [0, 0.05) is 34.0 Å². The van der Waals surface area contributed by atoms with Crippen molar-refractivity contribution in [2.75, 3.05) is 21.1 Å². The Hall–Kier alpha value is -4.22. The molecule has 6 amide bonds. The molecule has 370 valence electrons. The molecule has 1 aliphatic carbocycles. The van der Waals surface area contributed by atoms with Crippen LogP contribution in [0.2, 0.25) is 0 Å². The number of hydrogen-bond acceptors (Lipinski definition) is 9. The molecule has 1 heterocycles. The molecule has 2 rings (SSSR count). The molecule has 0 spiro atoms. The number of carbonyl (C=O) groups excluding carboxylic acids is 7. The molecule has 0 aromatic heterocycles. The minimum atomic E-state index is -1.47. The smallest absolute Gasteiger partial charge is 0.329 e. The van der Waals surface area contributed by atoms with Gasteiger partial charge in [0.25, 0.3) is 5.91 Å². The summed E-state index contributed by atoms with van der Waals surface area (Å²) < 4.78 is 5.81. The van der Waals surface area contributed by atoms with E-state index in [4.69, 9.17) is 4.74 Å². The van der Waals surface area contributed by atoms with E-state index in [9.17, 15) is 38.8 Å². The SMILES string of the molecule is CCCCC(C)C[C@@H]1NC(=O)[C@H](CC2CCCCC2)N(C)C(=O)[C@H](CC(C)C)NC(=O)[C@H](CC(C)C)N(C)C(=O)[C@H](C[C@H](C)CCCC)NC(=O)[C@@H](CCC#N)OC(=O)[C@H](C)N(C)C1=O. The van der Waals surface area contributed by atoms with Crippen molar-refractivity contribution in [2.24, 2.45) is 29.6 Å². The number of carbonyl (C=O) groups is 7. The number of rotatable bonds is 18. The average molecular weight is 914 g/mol. The highest BCUT2D eigenvalue weighted by Crippen LogP contribution is 2.30. The van der Waals surface area contributed by atoms with E-state index < -0.39 is 83.8 Å². The van der Waals surface area contributed by atoms with Crippen molar-refractivity contribution in [3.63, 3.8) is 0 Å². The highest BCUT2D eigenvalue weighted by molar-refractivity contribution is 5.97. The second kappa shape index (κ2) is 28.7. The molecule has 1 unspecified atom stereocenters. The fourth-order valence-corrected chi connectivity index (χ4v) is 9.22. The van der Waals surface area contributed by atoms with Gasteiger partial charge in [-0.3, -0.25) is 28.8 Å². The zero-order valence-corrected chi connectivity index (χ0v) is 42.2. The second-order valence-electron chi connectivity index (χ2n) is 20.3. The summed E-state index contributed by atoms with van der Waals surface area (Å²) in [6, 6.07) is -4.40. The molecule has 3 N–H and O–H groups in total. The van der Waals surface area contributed by atoms with Gasteiger partial charge in [0.1, 0.15) is 36.3 Å². The van der Waals surface area contributed by atoms with Crippen LogP contribution in [-0.2, 0) is 38.3 Å². The Kier molecular flexibility index (Phi) is 25.2. The lowest BCUT2D eigenvalue weighted by Gasteiger charge is -2.37. The predicted octanol–water partition coefficient (Wildman–Crippen LogP) is 6.67. The molecule has 1 saturated heterocycles. The van der Waals surface area contributed by atoms with Gasteiger partial charge in [0.05, 0.1) is 6.07 Å². The van der Waals surface area contributed by atoms with Gasteiger partial charge in [0.2, 0.25) is 29.5 Å². The first-order valence-electron chi connectivity index (χ1n) is 24.9. The van der Waals surface area contributed by atoms with E-state index in [0.717, 1.165) is 70.6 Å². The lowest BCUT2D eigenvalue weighted by molar-refractivity contribution is -0.163. The average Bonchev–Trinajstić information content (AvgIpc) is 3.26. The number of esters is 1. The Morgan fingerprint density at radius 3 is 1.55 bits per heavy atom. The van der Waals surface area contributed by atoms with Crippen LogP contribution < -0.4 is 16.0 Å². The van der Waals surface area contributed by atoms with Crippen LogP contribution in [0.3, 0.4) is 0 Å². The third-order valence-corrected chi connectivity index (χ3v) is 13.5. The summed E-state index contributed by atoms with van der Waals surface area (Å²) in [5.41, 5.74) is 0. The molecule has 15 nitrogen and oxygen atoms in total. The minimum absolute atomic E-state index is 0.0108. The van der Waals surface area contributed by atoms with Crippen molar-refractivity contribution in [3.05, 3.63) is 0 Å². The number of nitriles is 1. The van der Waals surface area contributed by atoms with Crippen molar-refractivity contribution >= 4 is 41.4 Å². The molecular weight excluding hydrogens is 827 g/mol. The van der Waals surface area contributed by atoms with Crippen molar-refractivity contribution in [3.8, 4) is 6.07 Å². The number of nitrogens with zero attached hydrogens (tertiary/aromatic N) is 4. The Morgan fingerprint density at radius 2 is 1.08 bits per heavy atom. The molecule has 0 radical (unpaired) electrons. The van der Waals surface area contributed by atoms with Crippen LogP contribution in [0.1, 0.15) is 178 Å². The van der Waals surface area contributed by atoms with Crippen LogP contribution in [0.15, 0.2) is 0 Å². The maximum absolute atomic E-state index is 14.8. The van der Waals surface area contributed by atoms with Crippen LogP contribution in [0, 0.1) is 40.9 Å². The highest BCUT2D eigenvalue weighted by Gasteiger charge is 2.41. The summed E-state index contributed by atoms with van der Waals surface area (Å²) in [7, 11) is 4.57. The summed E-state index contributed by atoms with van der Waals surface area (Å²) in [4.78, 5) is 106. The van der Waals surface area contributed by atoms with E-state index in [1.807, 2.05) is 47.6 Å². The molecule has 15 heteroatoms. The molecule has 1 aliphatic heterocycles. The Morgan fingerprint density at radius 1 is 0.631 bits per heavy atom. The van der Waals surface area contributed by atoms with E-state index in [1.54, 1.807) is 7.05 Å². The zero-order valence-electron chi connectivity index (χ0n) is 42.2. The standard InChI is InChI=1S/C50H87N7O8/c1-13-15-21-34(7)29-39-47(61)55(10)36(9)50(64)65-43(25-20-26-51)46(60)54-40(30-35(8)22-16-14-2)49(63)56(11)41(28-33(5)6)44(58)52-38(27-32(3)4)48(62)57(12)42(45(59)53-39)31-37-23-18-17-19-24-37/h32-43H,13-25,27-31H2,1-12H3,(H,52,58)(H,53,59)(H,54,60)/t34?,35-,36+,38+,39+,40+,41+,42+,43-/m1/s1. The summed E-state index contributed by atoms with van der Waals surface area (Å²) >= 11 is 0. The number of nitrogens with one attached hydrogen (secondary N) is 3. The lowest BCUT2D eigenvalue weighted by atomic mass is 9.84. The number of cyclic esters (lactones) is 1. The molecule has 2 fully saturated rings. The fourth-order valence-electron chi connectivity index (χ4n) is 9.22. The van der Waals surface area contributed by atoms with Crippen LogP contribution in [0.5, 0.6) is 0 Å². The summed E-state index contributed by atoms with van der Waals surface area (Å²) in [6.45, 7) is 17.4. The molecule has 65 heavy (non-hydrogen) atoms. The molecule has 0 bridgehead atoms. The maximum atomic E-state index is 14.8. The first-order valence-corrected chi connectivity index (χ1v) is 24.9. The van der Waals surface area contributed by atoms with Gasteiger partial charge in [0.15, 0.2) is 6.10 Å². The van der Waals surface area contributed by atoms with Crippen molar-refractivity contribution in [2.45, 2.75) is 220 Å². The molecule has 1 saturated carbocycles. The van der Waals surface area contributed by atoms with Gasteiger partial charge < -0.3 is 35.4 Å². The normalized spacial score (nSPS) is 26.6. The Bertz CT molecular complexity index is 1590. The number of likely N-dealkylation sites (N-methyl/N-ethyl adjacent to an activating group) is 3. The van der Waals surface area contributed by atoms with E-state index in [-0.39, 0.29) is 68.1 Å². The van der Waals surface area contributed by atoms with Gasteiger partial charge >= 0.3 is 5.97 Å². The number of amides is 6. The minimum Gasteiger partial charge on any atom is -0.451 e. The van der Waals surface area contributed by atoms with E-state index in [1.165, 1.54) is 35.7 Å². The van der Waals surface area contributed by atoms with Gasteiger partial charge in [-0.1, -0.05) is 126 Å². The molecule has 0 aromatic rings. The lowest BCUT2D eigenvalue weighted by Crippen LogP contribution is -2.60. The van der Waals surface area contributed by atoms with Crippen LogP contribution in [0.25, 0.3) is 0 Å². The van der Waals surface area contributed by atoms with Gasteiger partial charge in [-0.05, 0) is 68.6 Å². The maximum Gasteiger partial charge on any atom is 0.329 e. The van der Waals surface area contributed by atoms with E-state index >= 15 is 0 Å². The third-order valence-electron chi connectivity index (χ3n) is 13.5. The van der Waals surface area contributed by atoms with Crippen LogP contribution in [-0.4, -0.2) is 120 Å². The third kappa shape index (κ3) is 18.5. The van der Waals surface area contributed by atoms with Crippen molar-refractivity contribution in [1.82, 2.24) is 30.7 Å². The Balaban J connectivity index is 2.87. The van der Waals surface area contributed by atoms with Gasteiger partial charge in [-0.2, -0.15) is 5.26 Å². The van der Waals surface area contributed by atoms with E-state index in [2.05, 4.69) is 29.8 Å². The molecular formula is C50H87N7O8. The first-order chi connectivity index (χ1) is 30.7. The Labute approximate surface area is 391 Å². The quantitative estimate of drug-likeness (QED) is 0.126. The van der Waals surface area contributed by atoms with Crippen LogP contribution >= 0.6 is 0 Å². The van der Waals surface area contributed by atoms with Crippen molar-refractivity contribution < 1.29 is 38.3 Å². The zero-order chi connectivity index (χ0) is 49.0. The molecule has 2 aliphatic rings. The van der Waals surface area contributed by atoms with E-state index in [0.29, 0.717) is 6.42 Å². The monoisotopic (exact) mass is 914 g/mol. The number of unbranched alkanes of at least 4 members (excludes halogenated alkanes) is 2. The predicted molar refractivity (Wildman–Crippen MR) is 253 cm³/mol. The molecule has 9 atom stereocenters. The summed E-state index contributed by atoms with van der Waals surface area (Å²) in [5.74, 6) is -4.10. The highest BCUT2D eigenvalue weighted by atomic mass is 16.5. The number of ether oxygens (including phenoxy) is 1.